The molecule has 0 aliphatic heterocycles. The molecule has 0 saturated carbocycles. The van der Waals surface area contributed by atoms with E-state index in [2.05, 4.69) is 20.7 Å². The van der Waals surface area contributed by atoms with Crippen LogP contribution in [0.3, 0.4) is 0 Å². The van der Waals surface area contributed by atoms with Gasteiger partial charge in [0.25, 0.3) is 0 Å². The van der Waals surface area contributed by atoms with Crippen LogP contribution >= 0.6 is 15.9 Å². The van der Waals surface area contributed by atoms with Gasteiger partial charge in [-0.2, -0.15) is 8.78 Å². The second-order valence-electron chi connectivity index (χ2n) is 2.67. The van der Waals surface area contributed by atoms with E-state index in [1.807, 2.05) is 0 Å². The molecule has 1 rings (SSSR count). The lowest BCUT2D eigenvalue weighted by molar-refractivity contribution is -0.188. The van der Waals surface area contributed by atoms with Crippen molar-refractivity contribution in [3.8, 4) is 0 Å². The van der Waals surface area contributed by atoms with E-state index in [9.17, 15) is 13.6 Å². The van der Waals surface area contributed by atoms with Crippen LogP contribution in [-0.2, 0) is 9.53 Å². The predicted molar refractivity (Wildman–Crippen MR) is 51.6 cm³/mol. The number of carbonyl (C=O) groups is 1. The van der Waals surface area contributed by atoms with E-state index in [1.165, 1.54) is 12.1 Å². The van der Waals surface area contributed by atoms with Crippen molar-refractivity contribution in [3.63, 3.8) is 0 Å². The zero-order chi connectivity index (χ0) is 11.4. The largest absolute Gasteiger partial charge is 0.479 e. The van der Waals surface area contributed by atoms with E-state index in [4.69, 9.17) is 5.11 Å². The maximum absolute atomic E-state index is 11.9. The third kappa shape index (κ3) is 3.56. The number of aliphatic carboxylic acids is 1. The molecule has 1 atom stereocenters. The summed E-state index contributed by atoms with van der Waals surface area (Å²) in [6.45, 7) is -3.12. The zero-order valence-electron chi connectivity index (χ0n) is 7.36. The second kappa shape index (κ2) is 5.18. The Morgan fingerprint density at radius 3 is 2.27 bits per heavy atom. The van der Waals surface area contributed by atoms with Gasteiger partial charge in [-0.15, -0.1) is 0 Å². The van der Waals surface area contributed by atoms with Gasteiger partial charge in [-0.1, -0.05) is 28.1 Å². The Bertz CT molecular complexity index is 340. The summed E-state index contributed by atoms with van der Waals surface area (Å²) < 4.78 is 28.5. The standard InChI is InChI=1S/C9H7BrF2O3/c10-6-3-1-5(2-4-6)7(8(13)14)15-9(11)12/h1-4,7,9H,(H,13,14). The van der Waals surface area contributed by atoms with Crippen molar-refractivity contribution in [2.24, 2.45) is 0 Å². The highest BCUT2D eigenvalue weighted by Gasteiger charge is 2.24. The van der Waals surface area contributed by atoms with Crippen molar-refractivity contribution in [2.45, 2.75) is 12.7 Å². The highest BCUT2D eigenvalue weighted by molar-refractivity contribution is 9.10. The van der Waals surface area contributed by atoms with Gasteiger partial charge < -0.3 is 9.84 Å². The first-order valence-electron chi connectivity index (χ1n) is 3.92. The lowest BCUT2D eigenvalue weighted by atomic mass is 10.1. The second-order valence-corrected chi connectivity index (χ2v) is 3.58. The fourth-order valence-corrected chi connectivity index (χ4v) is 1.28. The number of benzene rings is 1. The van der Waals surface area contributed by atoms with Crippen LogP contribution in [-0.4, -0.2) is 17.7 Å². The minimum absolute atomic E-state index is 0.172. The van der Waals surface area contributed by atoms with E-state index in [-0.39, 0.29) is 5.56 Å². The quantitative estimate of drug-likeness (QED) is 0.923. The summed E-state index contributed by atoms with van der Waals surface area (Å²) in [4.78, 5) is 10.7. The first kappa shape index (κ1) is 12.1. The summed E-state index contributed by atoms with van der Waals surface area (Å²) in [5.41, 5.74) is 0.172. The molecule has 0 heterocycles. The molecule has 0 aromatic heterocycles. The monoisotopic (exact) mass is 280 g/mol. The van der Waals surface area contributed by atoms with Crippen molar-refractivity contribution in [3.05, 3.63) is 34.3 Å². The Hall–Kier alpha value is -1.01. The molecule has 1 aromatic rings. The number of alkyl halides is 2. The van der Waals surface area contributed by atoms with Crippen molar-refractivity contribution >= 4 is 21.9 Å². The smallest absolute Gasteiger partial charge is 0.346 e. The van der Waals surface area contributed by atoms with E-state index in [0.717, 1.165) is 4.47 Å². The van der Waals surface area contributed by atoms with Crippen LogP contribution in [0.1, 0.15) is 11.7 Å². The molecule has 3 nitrogen and oxygen atoms in total. The van der Waals surface area contributed by atoms with Crippen molar-refractivity contribution in [1.29, 1.82) is 0 Å². The van der Waals surface area contributed by atoms with Crippen LogP contribution in [0.4, 0.5) is 8.78 Å². The summed E-state index contributed by atoms with van der Waals surface area (Å²) >= 11 is 3.15. The van der Waals surface area contributed by atoms with Crippen LogP contribution in [0.5, 0.6) is 0 Å². The van der Waals surface area contributed by atoms with Crippen molar-refractivity contribution in [1.82, 2.24) is 0 Å². The zero-order valence-corrected chi connectivity index (χ0v) is 8.95. The molecule has 6 heteroatoms. The Morgan fingerprint density at radius 1 is 1.33 bits per heavy atom. The minimum atomic E-state index is -3.12. The van der Waals surface area contributed by atoms with Crippen molar-refractivity contribution < 1.29 is 23.4 Å². The molecule has 1 N–H and O–H groups in total. The number of rotatable bonds is 4. The van der Waals surface area contributed by atoms with Gasteiger partial charge in [0.2, 0.25) is 0 Å². The van der Waals surface area contributed by atoms with Gasteiger partial charge in [0, 0.05) is 4.47 Å². The Labute approximate surface area is 92.8 Å². The molecule has 0 amide bonds. The fourth-order valence-electron chi connectivity index (χ4n) is 1.02. The first-order chi connectivity index (χ1) is 7.00. The molecule has 0 saturated heterocycles. The number of halogens is 3. The lowest BCUT2D eigenvalue weighted by Gasteiger charge is -2.12. The molecule has 0 spiro atoms. The summed E-state index contributed by atoms with van der Waals surface area (Å²) in [6.07, 6.45) is -1.64. The van der Waals surface area contributed by atoms with Gasteiger partial charge in [0.15, 0.2) is 6.10 Å². The topological polar surface area (TPSA) is 46.5 Å². The first-order valence-corrected chi connectivity index (χ1v) is 4.72. The number of ether oxygens (including phenoxy) is 1. The minimum Gasteiger partial charge on any atom is -0.479 e. The van der Waals surface area contributed by atoms with Crippen LogP contribution < -0.4 is 0 Å². The van der Waals surface area contributed by atoms with Crippen LogP contribution in [0.2, 0.25) is 0 Å². The van der Waals surface area contributed by atoms with Gasteiger partial charge in [0.05, 0.1) is 0 Å². The Morgan fingerprint density at radius 2 is 1.87 bits per heavy atom. The highest BCUT2D eigenvalue weighted by atomic mass is 79.9. The van der Waals surface area contributed by atoms with Gasteiger partial charge in [-0.25, -0.2) is 4.79 Å². The van der Waals surface area contributed by atoms with Crippen LogP contribution in [0.25, 0.3) is 0 Å². The molecule has 15 heavy (non-hydrogen) atoms. The average Bonchev–Trinajstić information content (AvgIpc) is 2.15. The summed E-state index contributed by atoms with van der Waals surface area (Å²) in [7, 11) is 0. The lowest BCUT2D eigenvalue weighted by Crippen LogP contribution is -2.17. The van der Waals surface area contributed by atoms with E-state index in [1.54, 1.807) is 12.1 Å². The molecule has 0 aliphatic rings. The Balaban J connectivity index is 2.89. The van der Waals surface area contributed by atoms with Crippen LogP contribution in [0.15, 0.2) is 28.7 Å². The van der Waals surface area contributed by atoms with Crippen LogP contribution in [0, 0.1) is 0 Å². The maximum atomic E-state index is 11.9. The molecular weight excluding hydrogens is 274 g/mol. The highest BCUT2D eigenvalue weighted by Crippen LogP contribution is 2.22. The third-order valence-corrected chi connectivity index (χ3v) is 2.16. The van der Waals surface area contributed by atoms with Gasteiger partial charge in [0.1, 0.15) is 0 Å². The number of hydrogen-bond acceptors (Lipinski definition) is 2. The molecule has 0 fully saturated rings. The Kier molecular flexibility index (Phi) is 4.16. The summed E-state index contributed by atoms with van der Waals surface area (Å²) in [6, 6.07) is 5.93. The maximum Gasteiger partial charge on any atom is 0.346 e. The number of carboxylic acid groups (broad SMARTS) is 1. The third-order valence-electron chi connectivity index (χ3n) is 1.64. The van der Waals surface area contributed by atoms with Gasteiger partial charge in [-0.05, 0) is 17.7 Å². The molecule has 1 aromatic carbocycles. The van der Waals surface area contributed by atoms with E-state index in [0.29, 0.717) is 0 Å². The van der Waals surface area contributed by atoms with Gasteiger partial charge in [-0.3, -0.25) is 0 Å². The molecule has 1 unspecified atom stereocenters. The van der Waals surface area contributed by atoms with E-state index < -0.39 is 18.7 Å². The number of carboxylic acids is 1. The fraction of sp³-hybridized carbons (Fsp3) is 0.222. The predicted octanol–water partition coefficient (Wildman–Crippen LogP) is 2.81. The van der Waals surface area contributed by atoms with E-state index >= 15 is 0 Å². The normalized spacial score (nSPS) is 12.8. The molecule has 0 radical (unpaired) electrons. The number of hydrogen-bond donors (Lipinski definition) is 1. The van der Waals surface area contributed by atoms with Gasteiger partial charge >= 0.3 is 12.6 Å². The molecular formula is C9H7BrF2O3. The summed E-state index contributed by atoms with van der Waals surface area (Å²) in [5.74, 6) is -1.45. The van der Waals surface area contributed by atoms with Crippen molar-refractivity contribution in [2.75, 3.05) is 0 Å². The summed E-state index contributed by atoms with van der Waals surface area (Å²) in [5, 5.41) is 8.67. The molecule has 0 aliphatic carbocycles. The molecule has 82 valence electrons. The average molecular weight is 281 g/mol. The molecule has 0 bridgehead atoms. The SMILES string of the molecule is O=C(O)C(OC(F)F)c1ccc(Br)cc1.